The van der Waals surface area contributed by atoms with Crippen molar-refractivity contribution >= 4 is 5.78 Å². The molecule has 5 aliphatic carbocycles. The van der Waals surface area contributed by atoms with Gasteiger partial charge in [0, 0.05) is 12.8 Å². The third-order valence-corrected chi connectivity index (χ3v) is 11.7. The molecule has 4 saturated carbocycles. The second-order valence-corrected chi connectivity index (χ2v) is 13.1. The molecule has 0 spiro atoms. The van der Waals surface area contributed by atoms with Crippen LogP contribution in [0.15, 0.2) is 11.1 Å². The van der Waals surface area contributed by atoms with Crippen LogP contribution < -0.4 is 0 Å². The van der Waals surface area contributed by atoms with E-state index in [1.165, 1.54) is 77.0 Å². The Balaban J connectivity index is 1.40. The number of carbonyl (C=O) groups excluding carboxylic acids is 1. The quantitative estimate of drug-likeness (QED) is 0.428. The average Bonchev–Trinajstić information content (AvgIpc) is 3.07. The first-order valence-electron chi connectivity index (χ1n) is 13.5. The Kier molecular flexibility index (Phi) is 5.30. The van der Waals surface area contributed by atoms with Crippen molar-refractivity contribution in [1.82, 2.24) is 0 Å². The molecule has 0 radical (unpaired) electrons. The minimum Gasteiger partial charge on any atom is -0.300 e. The minimum absolute atomic E-state index is 0.247. The molecule has 0 aromatic heterocycles. The van der Waals surface area contributed by atoms with Crippen molar-refractivity contribution in [1.29, 1.82) is 0 Å². The van der Waals surface area contributed by atoms with Gasteiger partial charge in [-0.3, -0.25) is 4.79 Å². The molecular weight excluding hydrogens is 364 g/mol. The predicted molar refractivity (Wildman–Crippen MR) is 125 cm³/mol. The predicted octanol–water partition coefficient (Wildman–Crippen LogP) is 8.28. The lowest BCUT2D eigenvalue weighted by atomic mass is 9.43. The van der Waals surface area contributed by atoms with Gasteiger partial charge in [-0.1, -0.05) is 70.9 Å². The topological polar surface area (TPSA) is 17.1 Å². The SMILES string of the molecule is C[C@H](CC1CCCCC1)[C@H]1CCC2=C3CCC4(C)CC(=O)CC[C@]4(C)[C@H]3CC[C@@]21C. The zero-order valence-corrected chi connectivity index (χ0v) is 20.3. The second kappa shape index (κ2) is 7.48. The maximum Gasteiger partial charge on any atom is 0.133 e. The number of Topliss-reactive ketones (excluding diaryl/α,β-unsaturated/α-hetero) is 1. The minimum atomic E-state index is 0.247. The number of allylic oxidation sites excluding steroid dienone is 2. The molecule has 1 unspecified atom stereocenters. The molecule has 6 atom stereocenters. The third-order valence-electron chi connectivity index (χ3n) is 11.7. The van der Waals surface area contributed by atoms with Crippen LogP contribution in [0.4, 0.5) is 0 Å². The van der Waals surface area contributed by atoms with E-state index in [1.54, 1.807) is 0 Å². The van der Waals surface area contributed by atoms with Crippen molar-refractivity contribution in [2.45, 2.75) is 124 Å². The molecule has 0 aliphatic heterocycles. The summed E-state index contributed by atoms with van der Waals surface area (Å²) in [5.74, 6) is 4.12. The Bertz CT molecular complexity index is 727. The van der Waals surface area contributed by atoms with E-state index in [-0.39, 0.29) is 5.41 Å². The van der Waals surface area contributed by atoms with E-state index in [9.17, 15) is 4.79 Å². The summed E-state index contributed by atoms with van der Waals surface area (Å²) >= 11 is 0. The van der Waals surface area contributed by atoms with E-state index in [4.69, 9.17) is 0 Å². The van der Waals surface area contributed by atoms with Gasteiger partial charge in [-0.05, 0) is 91.3 Å². The molecule has 0 saturated heterocycles. The fourth-order valence-electron chi connectivity index (χ4n) is 9.68. The van der Waals surface area contributed by atoms with Crippen LogP contribution in [0.3, 0.4) is 0 Å². The molecule has 30 heavy (non-hydrogen) atoms. The molecule has 0 heterocycles. The molecule has 0 aromatic carbocycles. The Morgan fingerprint density at radius 2 is 1.67 bits per heavy atom. The second-order valence-electron chi connectivity index (χ2n) is 13.1. The highest BCUT2D eigenvalue weighted by atomic mass is 16.1. The van der Waals surface area contributed by atoms with Gasteiger partial charge in [0.2, 0.25) is 0 Å². The van der Waals surface area contributed by atoms with E-state index < -0.39 is 0 Å². The molecule has 0 bridgehead atoms. The zero-order valence-electron chi connectivity index (χ0n) is 20.3. The number of carbonyl (C=O) groups is 1. The maximum absolute atomic E-state index is 12.3. The van der Waals surface area contributed by atoms with Crippen molar-refractivity contribution in [2.75, 3.05) is 0 Å². The molecule has 5 aliphatic rings. The molecule has 4 fully saturated rings. The zero-order chi connectivity index (χ0) is 21.1. The van der Waals surface area contributed by atoms with E-state index in [0.29, 0.717) is 16.6 Å². The summed E-state index contributed by atoms with van der Waals surface area (Å²) in [5.41, 5.74) is 4.89. The molecule has 1 nitrogen and oxygen atoms in total. The fourth-order valence-corrected chi connectivity index (χ4v) is 9.68. The van der Waals surface area contributed by atoms with E-state index in [2.05, 4.69) is 27.7 Å². The number of ketones is 1. The van der Waals surface area contributed by atoms with Crippen molar-refractivity contribution in [3.05, 3.63) is 11.1 Å². The Labute approximate surface area is 185 Å². The van der Waals surface area contributed by atoms with Crippen molar-refractivity contribution in [3.63, 3.8) is 0 Å². The number of rotatable bonds is 3. The Morgan fingerprint density at radius 3 is 2.43 bits per heavy atom. The number of hydrogen-bond donors (Lipinski definition) is 0. The summed E-state index contributed by atoms with van der Waals surface area (Å²) < 4.78 is 0. The normalized spacial score (nSPS) is 45.7. The van der Waals surface area contributed by atoms with E-state index in [0.717, 1.165) is 42.9 Å². The molecule has 168 valence electrons. The summed E-state index contributed by atoms with van der Waals surface area (Å²) in [5, 5.41) is 0. The highest BCUT2D eigenvalue weighted by molar-refractivity contribution is 5.80. The molecule has 0 N–H and O–H groups in total. The molecule has 1 heteroatoms. The first-order chi connectivity index (χ1) is 14.3. The summed E-state index contributed by atoms with van der Waals surface area (Å²) in [6.07, 6.45) is 19.9. The van der Waals surface area contributed by atoms with E-state index >= 15 is 0 Å². The standard InChI is InChI=1S/C29H46O/c1-20(18-21-8-6-5-7-9-21)24-10-11-25-23-13-15-27(2)19-22(30)12-17-29(27,4)26(23)14-16-28(24,25)3/h20-21,24,26H,5-19H2,1-4H3/t20-,24-,26+,27?,28-,29-/m1/s1. The van der Waals surface area contributed by atoms with Gasteiger partial charge in [-0.2, -0.15) is 0 Å². The fraction of sp³-hybridized carbons (Fsp3) is 0.897. The highest BCUT2D eigenvalue weighted by Gasteiger charge is 2.59. The first kappa shape index (κ1) is 21.3. The van der Waals surface area contributed by atoms with Gasteiger partial charge in [0.05, 0.1) is 0 Å². The van der Waals surface area contributed by atoms with Gasteiger partial charge in [0.25, 0.3) is 0 Å². The summed E-state index contributed by atoms with van der Waals surface area (Å²) in [6.45, 7) is 10.3. The summed E-state index contributed by atoms with van der Waals surface area (Å²) in [4.78, 5) is 12.3. The van der Waals surface area contributed by atoms with E-state index in [1.807, 2.05) is 11.1 Å². The summed E-state index contributed by atoms with van der Waals surface area (Å²) in [7, 11) is 0. The van der Waals surface area contributed by atoms with Crippen LogP contribution in [-0.4, -0.2) is 5.78 Å². The molecule has 0 aromatic rings. The van der Waals surface area contributed by atoms with Crippen molar-refractivity contribution in [3.8, 4) is 0 Å². The monoisotopic (exact) mass is 410 g/mol. The van der Waals surface area contributed by atoms with Crippen molar-refractivity contribution in [2.24, 2.45) is 39.9 Å². The van der Waals surface area contributed by atoms with Crippen LogP contribution in [0.5, 0.6) is 0 Å². The van der Waals surface area contributed by atoms with Gasteiger partial charge < -0.3 is 0 Å². The van der Waals surface area contributed by atoms with Gasteiger partial charge in [-0.25, -0.2) is 0 Å². The lowest BCUT2D eigenvalue weighted by molar-refractivity contribution is -0.136. The van der Waals surface area contributed by atoms with Crippen LogP contribution >= 0.6 is 0 Å². The lowest BCUT2D eigenvalue weighted by Crippen LogP contribution is -2.53. The highest BCUT2D eigenvalue weighted by Crippen LogP contribution is 2.68. The van der Waals surface area contributed by atoms with Crippen molar-refractivity contribution < 1.29 is 4.79 Å². The maximum atomic E-state index is 12.3. The Hall–Kier alpha value is -0.590. The summed E-state index contributed by atoms with van der Waals surface area (Å²) in [6, 6.07) is 0. The van der Waals surface area contributed by atoms with Gasteiger partial charge in [0.1, 0.15) is 5.78 Å². The van der Waals surface area contributed by atoms with Crippen LogP contribution in [0.1, 0.15) is 124 Å². The molecule has 0 amide bonds. The van der Waals surface area contributed by atoms with Crippen LogP contribution in [0.25, 0.3) is 0 Å². The van der Waals surface area contributed by atoms with Crippen LogP contribution in [0, 0.1) is 39.9 Å². The average molecular weight is 411 g/mol. The third kappa shape index (κ3) is 3.11. The Morgan fingerprint density at radius 1 is 0.900 bits per heavy atom. The van der Waals surface area contributed by atoms with Crippen LogP contribution in [0.2, 0.25) is 0 Å². The lowest BCUT2D eigenvalue weighted by Gasteiger charge is -2.61. The number of hydrogen-bond acceptors (Lipinski definition) is 1. The largest absolute Gasteiger partial charge is 0.300 e. The van der Waals surface area contributed by atoms with Crippen LogP contribution in [-0.2, 0) is 4.79 Å². The molecular formula is C29H46O. The smallest absolute Gasteiger partial charge is 0.133 e. The van der Waals surface area contributed by atoms with Gasteiger partial charge in [-0.15, -0.1) is 0 Å². The molecule has 5 rings (SSSR count). The number of fused-ring (bicyclic) bond motifs is 4. The van der Waals surface area contributed by atoms with Gasteiger partial charge in [0.15, 0.2) is 0 Å². The first-order valence-corrected chi connectivity index (χ1v) is 13.5. The van der Waals surface area contributed by atoms with Gasteiger partial charge >= 0.3 is 0 Å².